The summed E-state index contributed by atoms with van der Waals surface area (Å²) in [4.78, 5) is 38.2. The first kappa shape index (κ1) is 66.4. The van der Waals surface area contributed by atoms with E-state index in [1.807, 2.05) is 0 Å². The van der Waals surface area contributed by atoms with Crippen LogP contribution >= 0.6 is 0 Å². The van der Waals surface area contributed by atoms with E-state index in [1.54, 1.807) is 0 Å². The largest absolute Gasteiger partial charge is 0.462 e. The molecule has 68 heavy (non-hydrogen) atoms. The molecule has 0 saturated heterocycles. The highest BCUT2D eigenvalue weighted by Crippen LogP contribution is 2.19. The molecule has 0 bridgehead atoms. The molecular weight excluding hydrogens is 841 g/mol. The fourth-order valence-electron chi connectivity index (χ4n) is 9.58. The number of esters is 3. The van der Waals surface area contributed by atoms with Gasteiger partial charge in [0.2, 0.25) is 0 Å². The van der Waals surface area contributed by atoms with Crippen molar-refractivity contribution in [3.05, 3.63) is 0 Å². The van der Waals surface area contributed by atoms with Gasteiger partial charge in [0.05, 0.1) is 0 Å². The van der Waals surface area contributed by atoms with Gasteiger partial charge in [-0.2, -0.15) is 0 Å². The first-order valence-corrected chi connectivity index (χ1v) is 30.7. The van der Waals surface area contributed by atoms with Gasteiger partial charge in [-0.1, -0.05) is 311 Å². The molecule has 404 valence electrons. The van der Waals surface area contributed by atoms with E-state index in [0.717, 1.165) is 69.6 Å². The Morgan fingerprint density at radius 1 is 0.279 bits per heavy atom. The fraction of sp³-hybridized carbons (Fsp3) is 0.952. The average Bonchev–Trinajstić information content (AvgIpc) is 3.31. The van der Waals surface area contributed by atoms with Gasteiger partial charge in [-0.05, 0) is 31.1 Å². The van der Waals surface area contributed by atoms with E-state index in [0.29, 0.717) is 19.3 Å². The van der Waals surface area contributed by atoms with Crippen LogP contribution in [0.5, 0.6) is 0 Å². The Morgan fingerprint density at radius 3 is 0.721 bits per heavy atom. The van der Waals surface area contributed by atoms with E-state index in [4.69, 9.17) is 14.2 Å². The van der Waals surface area contributed by atoms with Gasteiger partial charge in [0.25, 0.3) is 0 Å². The van der Waals surface area contributed by atoms with Gasteiger partial charge >= 0.3 is 17.9 Å². The van der Waals surface area contributed by atoms with Crippen molar-refractivity contribution in [3.63, 3.8) is 0 Å². The predicted molar refractivity (Wildman–Crippen MR) is 293 cm³/mol. The summed E-state index contributed by atoms with van der Waals surface area (Å²) in [6.45, 7) is 11.4. The number of ether oxygens (including phenoxy) is 3. The molecule has 0 spiro atoms. The molecule has 0 saturated carbocycles. The van der Waals surface area contributed by atoms with Crippen molar-refractivity contribution in [2.75, 3.05) is 13.2 Å². The van der Waals surface area contributed by atoms with Crippen molar-refractivity contribution in [2.45, 2.75) is 355 Å². The second kappa shape index (κ2) is 54.7. The van der Waals surface area contributed by atoms with Crippen LogP contribution < -0.4 is 0 Å². The molecule has 0 heterocycles. The Bertz CT molecular complexity index is 1040. The van der Waals surface area contributed by atoms with Crippen LogP contribution in [0.4, 0.5) is 0 Å². The summed E-state index contributed by atoms with van der Waals surface area (Å²) < 4.78 is 16.9. The fourth-order valence-corrected chi connectivity index (χ4v) is 9.58. The minimum absolute atomic E-state index is 0.0622. The van der Waals surface area contributed by atoms with Gasteiger partial charge in [0.1, 0.15) is 13.2 Å². The van der Waals surface area contributed by atoms with E-state index in [1.165, 1.54) is 238 Å². The summed E-state index contributed by atoms with van der Waals surface area (Å²) in [5.74, 6) is 0.847. The minimum Gasteiger partial charge on any atom is -0.462 e. The Morgan fingerprint density at radius 2 is 0.485 bits per heavy atom. The van der Waals surface area contributed by atoms with E-state index < -0.39 is 6.10 Å². The summed E-state index contributed by atoms with van der Waals surface area (Å²) in [7, 11) is 0. The summed E-state index contributed by atoms with van der Waals surface area (Å²) in [6.07, 6.45) is 59.5. The Kier molecular flexibility index (Phi) is 53.5. The zero-order valence-corrected chi connectivity index (χ0v) is 46.7. The van der Waals surface area contributed by atoms with Gasteiger partial charge < -0.3 is 14.2 Å². The summed E-state index contributed by atoms with van der Waals surface area (Å²) in [6, 6.07) is 0. The predicted octanol–water partition coefficient (Wildman–Crippen LogP) is 20.4. The molecular formula is C62H120O6. The lowest BCUT2D eigenvalue weighted by molar-refractivity contribution is -0.167. The quantitative estimate of drug-likeness (QED) is 0.0343. The lowest BCUT2D eigenvalue weighted by atomic mass is 10.0. The molecule has 0 radical (unpaired) electrons. The lowest BCUT2D eigenvalue weighted by Gasteiger charge is -2.18. The van der Waals surface area contributed by atoms with Crippen molar-refractivity contribution in [2.24, 2.45) is 11.8 Å². The molecule has 0 aromatic heterocycles. The molecule has 0 fully saturated rings. The van der Waals surface area contributed by atoms with Crippen LogP contribution in [0, 0.1) is 11.8 Å². The third-order valence-electron chi connectivity index (χ3n) is 14.2. The first-order chi connectivity index (χ1) is 33.2. The molecule has 0 aromatic rings. The molecule has 0 aliphatic carbocycles. The van der Waals surface area contributed by atoms with Crippen LogP contribution in [0.1, 0.15) is 349 Å². The van der Waals surface area contributed by atoms with Crippen molar-refractivity contribution in [1.29, 1.82) is 0 Å². The molecule has 6 nitrogen and oxygen atoms in total. The normalized spacial score (nSPS) is 12.0. The Balaban J connectivity index is 4.29. The summed E-state index contributed by atoms with van der Waals surface area (Å²) >= 11 is 0. The molecule has 0 aliphatic heterocycles. The van der Waals surface area contributed by atoms with Gasteiger partial charge in [0, 0.05) is 19.3 Å². The number of hydrogen-bond donors (Lipinski definition) is 0. The maximum atomic E-state index is 12.9. The average molecular weight is 962 g/mol. The van der Waals surface area contributed by atoms with Crippen molar-refractivity contribution < 1.29 is 28.6 Å². The van der Waals surface area contributed by atoms with Crippen LogP contribution in [0.3, 0.4) is 0 Å². The van der Waals surface area contributed by atoms with Crippen LogP contribution in [0.25, 0.3) is 0 Å². The van der Waals surface area contributed by atoms with E-state index >= 15 is 0 Å². The molecule has 1 atom stereocenters. The third kappa shape index (κ3) is 55.3. The molecule has 0 amide bonds. The highest BCUT2D eigenvalue weighted by Gasteiger charge is 2.19. The Labute approximate surface area is 425 Å². The second-order valence-corrected chi connectivity index (χ2v) is 22.3. The van der Waals surface area contributed by atoms with E-state index in [9.17, 15) is 14.4 Å². The van der Waals surface area contributed by atoms with Crippen LogP contribution in [0.2, 0.25) is 0 Å². The minimum atomic E-state index is -0.763. The topological polar surface area (TPSA) is 78.9 Å². The van der Waals surface area contributed by atoms with Gasteiger partial charge in [0.15, 0.2) is 6.10 Å². The zero-order valence-electron chi connectivity index (χ0n) is 46.7. The lowest BCUT2D eigenvalue weighted by Crippen LogP contribution is -2.30. The standard InChI is InChI=1S/C62H120O6/c1-6-7-8-9-10-11-12-13-14-15-18-21-27-32-37-42-47-52-60(63)66-55-59(68-62(65)54-49-44-39-34-29-24-23-26-31-36-41-46-51-58(4)5)56-67-61(64)53-48-43-38-33-28-22-19-16-17-20-25-30-35-40-45-50-57(2)3/h57-59H,6-56H2,1-5H3/t59-/m1/s1. The van der Waals surface area contributed by atoms with Gasteiger partial charge in [-0.15, -0.1) is 0 Å². The van der Waals surface area contributed by atoms with Crippen LogP contribution in [-0.2, 0) is 28.6 Å². The number of rotatable bonds is 56. The molecule has 0 N–H and O–H groups in total. The molecule has 0 aliphatic rings. The zero-order chi connectivity index (χ0) is 49.6. The number of hydrogen-bond acceptors (Lipinski definition) is 6. The van der Waals surface area contributed by atoms with Crippen molar-refractivity contribution >= 4 is 17.9 Å². The first-order valence-electron chi connectivity index (χ1n) is 30.7. The molecule has 0 rings (SSSR count). The van der Waals surface area contributed by atoms with Gasteiger partial charge in [-0.3, -0.25) is 14.4 Å². The SMILES string of the molecule is CCCCCCCCCCCCCCCCCCCC(=O)OC[C@H](COC(=O)CCCCCCCCCCCCCCCCCC(C)C)OC(=O)CCCCCCCCCCCCCCC(C)C. The van der Waals surface area contributed by atoms with Crippen LogP contribution in [0.15, 0.2) is 0 Å². The second-order valence-electron chi connectivity index (χ2n) is 22.3. The van der Waals surface area contributed by atoms with Crippen molar-refractivity contribution in [1.82, 2.24) is 0 Å². The van der Waals surface area contributed by atoms with Crippen LogP contribution in [-0.4, -0.2) is 37.2 Å². The number of carbonyl (C=O) groups is 3. The summed E-state index contributed by atoms with van der Waals surface area (Å²) in [5, 5.41) is 0. The Hall–Kier alpha value is -1.59. The molecule has 0 aromatic carbocycles. The third-order valence-corrected chi connectivity index (χ3v) is 14.2. The highest BCUT2D eigenvalue weighted by atomic mass is 16.6. The maximum absolute atomic E-state index is 12.9. The monoisotopic (exact) mass is 961 g/mol. The maximum Gasteiger partial charge on any atom is 0.306 e. The highest BCUT2D eigenvalue weighted by molar-refractivity contribution is 5.71. The molecule has 6 heteroatoms. The number of carbonyl (C=O) groups excluding carboxylic acids is 3. The number of unbranched alkanes of at least 4 members (excludes halogenated alkanes) is 41. The summed E-state index contributed by atoms with van der Waals surface area (Å²) in [5.41, 5.74) is 0. The van der Waals surface area contributed by atoms with E-state index in [-0.39, 0.29) is 31.1 Å². The smallest absolute Gasteiger partial charge is 0.306 e. The van der Waals surface area contributed by atoms with E-state index in [2.05, 4.69) is 34.6 Å². The molecule has 0 unspecified atom stereocenters. The van der Waals surface area contributed by atoms with Gasteiger partial charge in [-0.25, -0.2) is 0 Å². The van der Waals surface area contributed by atoms with Crippen molar-refractivity contribution in [3.8, 4) is 0 Å².